The lowest BCUT2D eigenvalue weighted by atomic mass is 10.3. The first-order valence-corrected chi connectivity index (χ1v) is 13.1. The minimum atomic E-state index is 0.594. The van der Waals surface area contributed by atoms with Crippen molar-refractivity contribution in [1.82, 2.24) is 20.2 Å². The molecule has 1 aromatic carbocycles. The number of halogens is 1. The highest BCUT2D eigenvalue weighted by Gasteiger charge is 2.19. The second-order valence-electron chi connectivity index (χ2n) is 8.73. The maximum absolute atomic E-state index is 5.93. The Morgan fingerprint density at radius 3 is 2.31 bits per heavy atom. The lowest BCUT2D eigenvalue weighted by Crippen LogP contribution is -2.39. The predicted octanol–water partition coefficient (Wildman–Crippen LogP) is 2.13. The molecule has 2 aliphatic heterocycles. The van der Waals surface area contributed by atoms with E-state index in [1.165, 1.54) is 0 Å². The summed E-state index contributed by atoms with van der Waals surface area (Å²) in [5.74, 6) is 2.54. The molecular formula is C24H35ClN8O2S. The van der Waals surface area contributed by atoms with E-state index in [0.29, 0.717) is 23.3 Å². The highest BCUT2D eigenvalue weighted by molar-refractivity contribution is 7.80. The summed E-state index contributed by atoms with van der Waals surface area (Å²) in [6, 6.07) is 9.50. The summed E-state index contributed by atoms with van der Waals surface area (Å²) in [5.41, 5.74) is 0.909. The van der Waals surface area contributed by atoms with Gasteiger partial charge in [0.15, 0.2) is 5.11 Å². The molecular weight excluding hydrogens is 500 g/mol. The van der Waals surface area contributed by atoms with Crippen LogP contribution in [0.3, 0.4) is 0 Å². The van der Waals surface area contributed by atoms with Crippen LogP contribution in [0.2, 0.25) is 5.02 Å². The van der Waals surface area contributed by atoms with Crippen LogP contribution in [0.1, 0.15) is 0 Å². The quantitative estimate of drug-likeness (QED) is 0.392. The Bertz CT molecular complexity index is 935. The molecule has 1 aromatic heterocycles. The zero-order chi connectivity index (χ0) is 25.2. The molecule has 2 aromatic rings. The molecule has 3 heterocycles. The average Bonchev–Trinajstić information content (AvgIpc) is 2.91. The molecule has 4 rings (SSSR count). The van der Waals surface area contributed by atoms with E-state index in [4.69, 9.17) is 43.3 Å². The third-order valence-electron chi connectivity index (χ3n) is 6.01. The van der Waals surface area contributed by atoms with E-state index in [9.17, 15) is 0 Å². The largest absolute Gasteiger partial charge is 0.378 e. The molecule has 2 aliphatic rings. The van der Waals surface area contributed by atoms with Gasteiger partial charge < -0.3 is 40.1 Å². The number of rotatable bonds is 10. The van der Waals surface area contributed by atoms with Gasteiger partial charge >= 0.3 is 0 Å². The van der Waals surface area contributed by atoms with E-state index < -0.39 is 0 Å². The van der Waals surface area contributed by atoms with Gasteiger partial charge in [-0.15, -0.1) is 0 Å². The van der Waals surface area contributed by atoms with Gasteiger partial charge in [0.1, 0.15) is 11.6 Å². The van der Waals surface area contributed by atoms with E-state index >= 15 is 0 Å². The number of morpholine rings is 2. The summed E-state index contributed by atoms with van der Waals surface area (Å²) < 4.78 is 11.0. The Hall–Kier alpha value is -2.44. The van der Waals surface area contributed by atoms with Gasteiger partial charge in [-0.2, -0.15) is 9.97 Å². The molecule has 0 unspecified atom stereocenters. The molecule has 0 bridgehead atoms. The van der Waals surface area contributed by atoms with Crippen molar-refractivity contribution >= 4 is 52.2 Å². The lowest BCUT2D eigenvalue weighted by Gasteiger charge is -2.31. The van der Waals surface area contributed by atoms with Gasteiger partial charge in [0, 0.05) is 69.1 Å². The van der Waals surface area contributed by atoms with Crippen LogP contribution in [0.25, 0.3) is 0 Å². The molecule has 12 heteroatoms. The zero-order valence-electron chi connectivity index (χ0n) is 20.7. The first-order valence-electron chi connectivity index (χ1n) is 12.3. The molecule has 0 atom stereocenters. The van der Waals surface area contributed by atoms with Crippen molar-refractivity contribution in [3.05, 3.63) is 35.4 Å². The third kappa shape index (κ3) is 8.31. The van der Waals surface area contributed by atoms with Gasteiger partial charge in [0.05, 0.1) is 26.4 Å². The highest BCUT2D eigenvalue weighted by atomic mass is 35.5. The van der Waals surface area contributed by atoms with Crippen LogP contribution in [0.5, 0.6) is 0 Å². The van der Waals surface area contributed by atoms with E-state index in [1.807, 2.05) is 30.3 Å². The Morgan fingerprint density at radius 2 is 1.61 bits per heavy atom. The number of likely N-dealkylation sites (N-methyl/N-ethyl adjacent to an activating group) is 1. The summed E-state index contributed by atoms with van der Waals surface area (Å²) in [5, 5.41) is 11.2. The van der Waals surface area contributed by atoms with Crippen molar-refractivity contribution in [3.63, 3.8) is 0 Å². The van der Waals surface area contributed by atoms with Gasteiger partial charge in [-0.1, -0.05) is 11.6 Å². The van der Waals surface area contributed by atoms with E-state index in [2.05, 4.69) is 37.7 Å². The molecule has 0 aliphatic carbocycles. The molecule has 10 nitrogen and oxygen atoms in total. The van der Waals surface area contributed by atoms with Crippen molar-refractivity contribution in [2.45, 2.75) is 0 Å². The topological polar surface area (TPSA) is 90.0 Å². The molecule has 3 N–H and O–H groups in total. The Labute approximate surface area is 223 Å². The highest BCUT2D eigenvalue weighted by Crippen LogP contribution is 2.22. The van der Waals surface area contributed by atoms with Crippen LogP contribution < -0.4 is 25.8 Å². The Morgan fingerprint density at radius 1 is 0.972 bits per heavy atom. The second kappa shape index (κ2) is 13.8. The van der Waals surface area contributed by atoms with Crippen LogP contribution in [-0.2, 0) is 9.47 Å². The van der Waals surface area contributed by atoms with Crippen LogP contribution in [0.4, 0.5) is 23.3 Å². The van der Waals surface area contributed by atoms with Crippen molar-refractivity contribution in [1.29, 1.82) is 0 Å². The molecule has 196 valence electrons. The number of hydrogen-bond donors (Lipinski definition) is 3. The van der Waals surface area contributed by atoms with E-state index in [0.717, 1.165) is 88.8 Å². The standard InChI is InChI=1S/C24H35ClN8O2S/c1-31(9-7-27-24(36)28-20-4-2-19(25)3-5-20)8-6-26-21-18-22(32-10-14-34-15-11-32)30-23(29-21)33-12-16-35-17-13-33/h2-5,18H,6-17H2,1H3,(H,26,29,30)(H2,27,28,36). The minimum absolute atomic E-state index is 0.594. The Kier molecular flexibility index (Phi) is 10.2. The monoisotopic (exact) mass is 534 g/mol. The van der Waals surface area contributed by atoms with Gasteiger partial charge in [0.2, 0.25) is 5.95 Å². The van der Waals surface area contributed by atoms with Crippen LogP contribution in [-0.4, -0.2) is 106 Å². The number of nitrogens with one attached hydrogen (secondary N) is 3. The van der Waals surface area contributed by atoms with Crippen LogP contribution >= 0.6 is 23.8 Å². The number of nitrogens with zero attached hydrogens (tertiary/aromatic N) is 5. The zero-order valence-corrected chi connectivity index (χ0v) is 22.3. The third-order valence-corrected chi connectivity index (χ3v) is 6.51. The number of benzene rings is 1. The number of hydrogen-bond acceptors (Lipinski definition) is 9. The molecule has 2 fully saturated rings. The summed E-state index contributed by atoms with van der Waals surface area (Å²) in [6.45, 7) is 9.34. The summed E-state index contributed by atoms with van der Waals surface area (Å²) in [6.07, 6.45) is 0. The molecule has 0 amide bonds. The first-order chi connectivity index (χ1) is 17.6. The normalized spacial score (nSPS) is 16.2. The smallest absolute Gasteiger partial charge is 0.229 e. The van der Waals surface area contributed by atoms with Crippen molar-refractivity contribution in [2.75, 3.05) is 106 Å². The number of aromatic nitrogens is 2. The molecule has 2 saturated heterocycles. The Balaban J connectivity index is 1.24. The maximum Gasteiger partial charge on any atom is 0.229 e. The number of ether oxygens (including phenoxy) is 2. The second-order valence-corrected chi connectivity index (χ2v) is 9.57. The van der Waals surface area contributed by atoms with E-state index in [1.54, 1.807) is 0 Å². The van der Waals surface area contributed by atoms with Crippen LogP contribution in [0.15, 0.2) is 30.3 Å². The van der Waals surface area contributed by atoms with Crippen molar-refractivity contribution in [2.24, 2.45) is 0 Å². The molecule has 36 heavy (non-hydrogen) atoms. The summed E-state index contributed by atoms with van der Waals surface area (Å²) in [4.78, 5) is 16.4. The minimum Gasteiger partial charge on any atom is -0.378 e. The predicted molar refractivity (Wildman–Crippen MR) is 150 cm³/mol. The lowest BCUT2D eigenvalue weighted by molar-refractivity contribution is 0.121. The summed E-state index contributed by atoms with van der Waals surface area (Å²) in [7, 11) is 2.09. The fourth-order valence-corrected chi connectivity index (χ4v) is 4.27. The molecule has 0 saturated carbocycles. The molecule has 0 spiro atoms. The van der Waals surface area contributed by atoms with Gasteiger partial charge in [-0.05, 0) is 43.5 Å². The average molecular weight is 535 g/mol. The van der Waals surface area contributed by atoms with Gasteiger partial charge in [-0.3, -0.25) is 0 Å². The first kappa shape index (κ1) is 26.6. The SMILES string of the molecule is CN(CCNC(=S)Nc1ccc(Cl)cc1)CCNc1cc(N2CCOCC2)nc(N2CCOCC2)n1. The van der Waals surface area contributed by atoms with Crippen molar-refractivity contribution in [3.8, 4) is 0 Å². The van der Waals surface area contributed by atoms with Crippen LogP contribution in [0, 0.1) is 0 Å². The summed E-state index contributed by atoms with van der Waals surface area (Å²) >= 11 is 11.3. The fourth-order valence-electron chi connectivity index (χ4n) is 3.93. The number of anilines is 4. The molecule has 0 radical (unpaired) electrons. The fraction of sp³-hybridized carbons (Fsp3) is 0.542. The van der Waals surface area contributed by atoms with E-state index in [-0.39, 0.29) is 0 Å². The van der Waals surface area contributed by atoms with Gasteiger partial charge in [0.25, 0.3) is 0 Å². The maximum atomic E-state index is 5.93. The van der Waals surface area contributed by atoms with Gasteiger partial charge in [-0.25, -0.2) is 0 Å². The number of thiocarbonyl (C=S) groups is 1. The van der Waals surface area contributed by atoms with Crippen molar-refractivity contribution < 1.29 is 9.47 Å².